The van der Waals surface area contributed by atoms with E-state index in [1.165, 1.54) is 24.1 Å². The van der Waals surface area contributed by atoms with Crippen molar-refractivity contribution in [2.24, 2.45) is 5.73 Å². The second-order valence-corrected chi connectivity index (χ2v) is 5.58. The van der Waals surface area contributed by atoms with E-state index >= 15 is 0 Å². The molecule has 1 aromatic rings. The molecule has 0 spiro atoms. The molecule has 1 unspecified atom stereocenters. The first-order valence-corrected chi connectivity index (χ1v) is 7.59. The number of hydrogen-bond acceptors (Lipinski definition) is 2. The van der Waals surface area contributed by atoms with Crippen molar-refractivity contribution in [2.45, 2.75) is 53.0 Å². The molecule has 1 rings (SSSR count). The van der Waals surface area contributed by atoms with Crippen LogP contribution in [0.2, 0.25) is 0 Å². The third-order valence-corrected chi connectivity index (χ3v) is 3.89. The number of aryl methyl sites for hydroxylation is 1. The zero-order chi connectivity index (χ0) is 14.4. The molecule has 2 N–H and O–H groups in total. The Kier molecular flexibility index (Phi) is 6.29. The SMILES string of the molecule is CCCCN(c1c(C)cccc1C(N)=S)C(C)CC. The van der Waals surface area contributed by atoms with Crippen LogP contribution in [-0.2, 0) is 0 Å². The molecule has 0 aliphatic carbocycles. The summed E-state index contributed by atoms with van der Waals surface area (Å²) in [5.41, 5.74) is 9.37. The van der Waals surface area contributed by atoms with Crippen LogP contribution in [0.5, 0.6) is 0 Å². The highest BCUT2D eigenvalue weighted by Crippen LogP contribution is 2.28. The van der Waals surface area contributed by atoms with Gasteiger partial charge in [-0.3, -0.25) is 0 Å². The number of nitrogens with zero attached hydrogens (tertiary/aromatic N) is 1. The normalized spacial score (nSPS) is 12.2. The molecule has 0 bridgehead atoms. The lowest BCUT2D eigenvalue weighted by Gasteiger charge is -2.33. The number of hydrogen-bond donors (Lipinski definition) is 1. The molecule has 0 heterocycles. The van der Waals surface area contributed by atoms with Crippen LogP contribution in [0.25, 0.3) is 0 Å². The van der Waals surface area contributed by atoms with Gasteiger partial charge in [-0.25, -0.2) is 0 Å². The molecule has 3 heteroatoms. The minimum absolute atomic E-state index is 0.489. The average molecular weight is 278 g/mol. The minimum Gasteiger partial charge on any atom is -0.389 e. The first kappa shape index (κ1) is 16.0. The summed E-state index contributed by atoms with van der Waals surface area (Å²) >= 11 is 5.21. The van der Waals surface area contributed by atoms with E-state index in [9.17, 15) is 0 Å². The lowest BCUT2D eigenvalue weighted by atomic mass is 10.0. The summed E-state index contributed by atoms with van der Waals surface area (Å²) in [6.45, 7) is 9.92. The first-order valence-electron chi connectivity index (χ1n) is 7.18. The summed E-state index contributed by atoms with van der Waals surface area (Å²) in [5.74, 6) is 0. The van der Waals surface area contributed by atoms with E-state index in [0.717, 1.165) is 18.5 Å². The topological polar surface area (TPSA) is 29.3 Å². The molecule has 2 nitrogen and oxygen atoms in total. The van der Waals surface area contributed by atoms with Crippen molar-refractivity contribution in [3.63, 3.8) is 0 Å². The quantitative estimate of drug-likeness (QED) is 0.763. The van der Waals surface area contributed by atoms with Crippen LogP contribution in [0.3, 0.4) is 0 Å². The lowest BCUT2D eigenvalue weighted by molar-refractivity contribution is 0.594. The van der Waals surface area contributed by atoms with Gasteiger partial charge in [-0.1, -0.05) is 44.6 Å². The summed E-state index contributed by atoms with van der Waals surface area (Å²) in [5, 5.41) is 0. The fraction of sp³-hybridized carbons (Fsp3) is 0.562. The van der Waals surface area contributed by atoms with Gasteiger partial charge in [0.05, 0.1) is 5.69 Å². The fourth-order valence-electron chi connectivity index (χ4n) is 2.34. The van der Waals surface area contributed by atoms with E-state index in [1.54, 1.807) is 0 Å². The third kappa shape index (κ3) is 3.93. The summed E-state index contributed by atoms with van der Waals surface area (Å²) in [6, 6.07) is 6.70. The Morgan fingerprint density at radius 3 is 2.58 bits per heavy atom. The number of unbranched alkanes of at least 4 members (excludes halogenated alkanes) is 1. The Morgan fingerprint density at radius 2 is 2.05 bits per heavy atom. The van der Waals surface area contributed by atoms with Crippen molar-refractivity contribution < 1.29 is 0 Å². The number of thiocarbonyl (C=S) groups is 1. The minimum atomic E-state index is 0.489. The second kappa shape index (κ2) is 7.49. The highest BCUT2D eigenvalue weighted by Gasteiger charge is 2.18. The molecule has 0 radical (unpaired) electrons. The highest BCUT2D eigenvalue weighted by atomic mass is 32.1. The summed E-state index contributed by atoms with van der Waals surface area (Å²) in [7, 11) is 0. The van der Waals surface area contributed by atoms with Gasteiger partial charge < -0.3 is 10.6 Å². The average Bonchev–Trinajstić information content (AvgIpc) is 2.39. The van der Waals surface area contributed by atoms with Gasteiger partial charge in [-0.15, -0.1) is 0 Å². The molecule has 0 saturated heterocycles. The van der Waals surface area contributed by atoms with Crippen LogP contribution in [-0.4, -0.2) is 17.6 Å². The van der Waals surface area contributed by atoms with E-state index in [-0.39, 0.29) is 0 Å². The second-order valence-electron chi connectivity index (χ2n) is 5.14. The molecule has 106 valence electrons. The van der Waals surface area contributed by atoms with Gasteiger partial charge in [-0.2, -0.15) is 0 Å². The molecule has 0 saturated carbocycles. The van der Waals surface area contributed by atoms with Crippen molar-refractivity contribution >= 4 is 22.9 Å². The van der Waals surface area contributed by atoms with E-state index in [0.29, 0.717) is 11.0 Å². The van der Waals surface area contributed by atoms with Gasteiger partial charge in [0.25, 0.3) is 0 Å². The van der Waals surface area contributed by atoms with Crippen molar-refractivity contribution in [1.29, 1.82) is 0 Å². The van der Waals surface area contributed by atoms with Crippen LogP contribution < -0.4 is 10.6 Å². The Balaban J connectivity index is 3.23. The Hall–Kier alpha value is -1.09. The molecule has 19 heavy (non-hydrogen) atoms. The maximum atomic E-state index is 5.90. The zero-order valence-electron chi connectivity index (χ0n) is 12.6. The summed E-state index contributed by atoms with van der Waals surface area (Å²) in [6.07, 6.45) is 3.51. The summed E-state index contributed by atoms with van der Waals surface area (Å²) in [4.78, 5) is 2.95. The maximum absolute atomic E-state index is 5.90. The Labute approximate surface area is 123 Å². The predicted octanol–water partition coefficient (Wildman–Crippen LogP) is 4.03. The van der Waals surface area contributed by atoms with Crippen LogP contribution >= 0.6 is 12.2 Å². The Bertz CT molecular complexity index is 429. The largest absolute Gasteiger partial charge is 0.389 e. The standard InChI is InChI=1S/C16H26N2S/c1-5-7-11-18(13(4)6-2)15-12(3)9-8-10-14(15)16(17)19/h8-10,13H,5-7,11H2,1-4H3,(H2,17,19). The first-order chi connectivity index (χ1) is 9.02. The zero-order valence-corrected chi connectivity index (χ0v) is 13.4. The van der Waals surface area contributed by atoms with E-state index in [4.69, 9.17) is 18.0 Å². The number of rotatable bonds is 7. The molecule has 0 aromatic heterocycles. The monoisotopic (exact) mass is 278 g/mol. The maximum Gasteiger partial charge on any atom is 0.106 e. The third-order valence-electron chi connectivity index (χ3n) is 3.67. The van der Waals surface area contributed by atoms with Crippen LogP contribution in [0.15, 0.2) is 18.2 Å². The molecule has 1 aromatic carbocycles. The van der Waals surface area contributed by atoms with Gasteiger partial charge in [0.1, 0.15) is 4.99 Å². The van der Waals surface area contributed by atoms with Crippen LogP contribution in [0.4, 0.5) is 5.69 Å². The van der Waals surface area contributed by atoms with Crippen molar-refractivity contribution in [2.75, 3.05) is 11.4 Å². The number of benzene rings is 1. The fourth-order valence-corrected chi connectivity index (χ4v) is 2.51. The highest BCUT2D eigenvalue weighted by molar-refractivity contribution is 7.80. The Morgan fingerprint density at radius 1 is 1.37 bits per heavy atom. The van der Waals surface area contributed by atoms with Gasteiger partial charge in [0.15, 0.2) is 0 Å². The van der Waals surface area contributed by atoms with E-state index in [2.05, 4.69) is 38.7 Å². The van der Waals surface area contributed by atoms with E-state index < -0.39 is 0 Å². The van der Waals surface area contributed by atoms with Crippen molar-refractivity contribution in [3.8, 4) is 0 Å². The van der Waals surface area contributed by atoms with Crippen LogP contribution in [0.1, 0.15) is 51.2 Å². The molecule has 0 fully saturated rings. The van der Waals surface area contributed by atoms with Gasteiger partial charge in [0.2, 0.25) is 0 Å². The molecular weight excluding hydrogens is 252 g/mol. The van der Waals surface area contributed by atoms with Gasteiger partial charge in [-0.05, 0) is 38.3 Å². The van der Waals surface area contributed by atoms with Crippen molar-refractivity contribution in [1.82, 2.24) is 0 Å². The van der Waals surface area contributed by atoms with Crippen molar-refractivity contribution in [3.05, 3.63) is 29.3 Å². The number of nitrogens with two attached hydrogens (primary N) is 1. The smallest absolute Gasteiger partial charge is 0.106 e. The predicted molar refractivity (Wildman–Crippen MR) is 89.1 cm³/mol. The van der Waals surface area contributed by atoms with Crippen LogP contribution in [0, 0.1) is 6.92 Å². The van der Waals surface area contributed by atoms with Gasteiger partial charge >= 0.3 is 0 Å². The lowest BCUT2D eigenvalue weighted by Crippen LogP contribution is -2.35. The number of anilines is 1. The molecule has 0 aliphatic rings. The molecule has 0 amide bonds. The summed E-state index contributed by atoms with van der Waals surface area (Å²) < 4.78 is 0. The molecule has 1 atom stereocenters. The van der Waals surface area contributed by atoms with E-state index in [1.807, 2.05) is 12.1 Å². The molecule has 0 aliphatic heterocycles. The van der Waals surface area contributed by atoms with Gasteiger partial charge in [0, 0.05) is 18.2 Å². The number of para-hydroxylation sites is 1. The molecular formula is C16H26N2S.